The molecular formula is C15H21NO4. The first-order valence-electron chi connectivity index (χ1n) is 6.06. The van der Waals surface area contributed by atoms with Crippen molar-refractivity contribution in [3.05, 3.63) is 47.6 Å². The Balaban J connectivity index is 0.000000796. The predicted molar refractivity (Wildman–Crippen MR) is 78.1 cm³/mol. The Bertz CT molecular complexity index is 456. The number of aliphatic hydroxyl groups excluding tert-OH is 1. The number of carbonyl (C=O) groups is 2. The molecular weight excluding hydrogens is 258 g/mol. The third-order valence-electron chi connectivity index (χ3n) is 2.06. The van der Waals surface area contributed by atoms with E-state index in [1.807, 2.05) is 13.8 Å². The van der Waals surface area contributed by atoms with Crippen LogP contribution in [0.1, 0.15) is 13.8 Å². The second kappa shape index (κ2) is 8.87. The third kappa shape index (κ3) is 8.05. The molecule has 0 spiro atoms. The molecule has 5 heteroatoms. The van der Waals surface area contributed by atoms with Gasteiger partial charge in [-0.25, -0.2) is 4.79 Å². The predicted octanol–water partition coefficient (Wildman–Crippen LogP) is 1.53. The van der Waals surface area contributed by atoms with Crippen LogP contribution in [-0.4, -0.2) is 47.2 Å². The molecule has 110 valence electrons. The summed E-state index contributed by atoms with van der Waals surface area (Å²) < 4.78 is 0. The number of nitrogens with zero attached hydrogens (tertiary/aromatic N) is 1. The number of carboxylic acids is 1. The molecule has 0 saturated carbocycles. The molecule has 0 fully saturated rings. The maximum atomic E-state index is 10.8. The van der Waals surface area contributed by atoms with Gasteiger partial charge in [-0.15, -0.1) is 6.58 Å². The molecule has 1 aliphatic carbocycles. The molecule has 0 radical (unpaired) electrons. The van der Waals surface area contributed by atoms with Crippen molar-refractivity contribution in [3.63, 3.8) is 0 Å². The molecule has 0 saturated heterocycles. The lowest BCUT2D eigenvalue weighted by atomic mass is 10.1. The lowest BCUT2D eigenvalue weighted by Crippen LogP contribution is -2.18. The summed E-state index contributed by atoms with van der Waals surface area (Å²) in [5.41, 5.74) is 1.84. The first-order chi connectivity index (χ1) is 9.26. The van der Waals surface area contributed by atoms with Gasteiger partial charge < -0.3 is 15.1 Å². The number of hydrogen-bond donors (Lipinski definition) is 2. The number of aliphatic hydroxyl groups is 1. The lowest BCUT2D eigenvalue weighted by molar-refractivity contribution is -0.132. The van der Waals surface area contributed by atoms with Crippen molar-refractivity contribution in [1.29, 1.82) is 0 Å². The van der Waals surface area contributed by atoms with Gasteiger partial charge in [0.2, 0.25) is 6.41 Å². The van der Waals surface area contributed by atoms with E-state index in [9.17, 15) is 14.7 Å². The molecule has 0 aromatic rings. The van der Waals surface area contributed by atoms with Crippen molar-refractivity contribution in [2.24, 2.45) is 0 Å². The van der Waals surface area contributed by atoms with Gasteiger partial charge >= 0.3 is 5.97 Å². The summed E-state index contributed by atoms with van der Waals surface area (Å²) in [5.74, 6) is -1.10. The minimum atomic E-state index is -1.10. The zero-order valence-electron chi connectivity index (χ0n) is 12.0. The van der Waals surface area contributed by atoms with Crippen LogP contribution in [0.5, 0.6) is 0 Å². The SMILES string of the molecule is C=C(C)C.CN(C=O)CC1=CC(C(=O)O)=CC(O)C=C1. The van der Waals surface area contributed by atoms with E-state index in [1.54, 1.807) is 13.1 Å². The van der Waals surface area contributed by atoms with Crippen LogP contribution in [-0.2, 0) is 9.59 Å². The normalized spacial score (nSPS) is 16.9. The van der Waals surface area contributed by atoms with Crippen LogP contribution >= 0.6 is 0 Å². The highest BCUT2D eigenvalue weighted by atomic mass is 16.4. The van der Waals surface area contributed by atoms with Crippen molar-refractivity contribution < 1.29 is 19.8 Å². The standard InChI is InChI=1S/C11H13NO4.C4H8/c1-12(7-13)6-8-2-3-10(14)5-9(4-8)11(15)16;1-4(2)3/h2-5,7,10,14H,6H2,1H3,(H,15,16);1H2,2-3H3. The van der Waals surface area contributed by atoms with Crippen LogP contribution in [0.3, 0.4) is 0 Å². The van der Waals surface area contributed by atoms with Crippen molar-refractivity contribution in [2.75, 3.05) is 13.6 Å². The van der Waals surface area contributed by atoms with Gasteiger partial charge in [-0.3, -0.25) is 4.79 Å². The molecule has 1 amide bonds. The van der Waals surface area contributed by atoms with Crippen LogP contribution in [0.15, 0.2) is 47.6 Å². The fourth-order valence-electron chi connectivity index (χ4n) is 1.31. The molecule has 0 aromatic carbocycles. The first kappa shape index (κ1) is 17.9. The van der Waals surface area contributed by atoms with Gasteiger partial charge in [0.05, 0.1) is 11.7 Å². The largest absolute Gasteiger partial charge is 0.478 e. The minimum absolute atomic E-state index is 0.0202. The Labute approximate surface area is 119 Å². The van der Waals surface area contributed by atoms with Crippen LogP contribution in [0.2, 0.25) is 0 Å². The van der Waals surface area contributed by atoms with E-state index in [1.165, 1.54) is 28.7 Å². The molecule has 0 aliphatic heterocycles. The number of hydrogen-bond acceptors (Lipinski definition) is 3. The Kier molecular flexibility index (Phi) is 7.93. The first-order valence-corrected chi connectivity index (χ1v) is 6.06. The average molecular weight is 279 g/mol. The number of amides is 1. The topological polar surface area (TPSA) is 77.8 Å². The van der Waals surface area contributed by atoms with Gasteiger partial charge in [-0.2, -0.15) is 0 Å². The van der Waals surface area contributed by atoms with Crippen molar-refractivity contribution in [2.45, 2.75) is 20.0 Å². The molecule has 0 heterocycles. The van der Waals surface area contributed by atoms with Gasteiger partial charge in [0, 0.05) is 13.6 Å². The quantitative estimate of drug-likeness (QED) is 0.604. The Morgan fingerprint density at radius 1 is 1.50 bits per heavy atom. The molecule has 1 aliphatic rings. The Morgan fingerprint density at radius 2 is 2.05 bits per heavy atom. The molecule has 2 N–H and O–H groups in total. The van der Waals surface area contributed by atoms with Gasteiger partial charge in [0.15, 0.2) is 0 Å². The summed E-state index contributed by atoms with van der Waals surface area (Å²) in [5, 5.41) is 18.2. The fourth-order valence-corrected chi connectivity index (χ4v) is 1.31. The van der Waals surface area contributed by atoms with Crippen molar-refractivity contribution >= 4 is 12.4 Å². The van der Waals surface area contributed by atoms with Crippen LogP contribution in [0.25, 0.3) is 0 Å². The van der Waals surface area contributed by atoms with E-state index in [4.69, 9.17) is 5.11 Å². The number of carboxylic acid groups (broad SMARTS) is 1. The summed E-state index contributed by atoms with van der Waals surface area (Å²) in [6, 6.07) is 0. The van der Waals surface area contributed by atoms with Crippen molar-refractivity contribution in [3.8, 4) is 0 Å². The number of aliphatic carboxylic acids is 1. The number of rotatable bonds is 4. The van der Waals surface area contributed by atoms with E-state index in [0.717, 1.165) is 0 Å². The summed E-state index contributed by atoms with van der Waals surface area (Å²) in [7, 11) is 1.59. The van der Waals surface area contributed by atoms with Gasteiger partial charge in [-0.1, -0.05) is 17.7 Å². The monoisotopic (exact) mass is 279 g/mol. The Morgan fingerprint density at radius 3 is 2.50 bits per heavy atom. The van der Waals surface area contributed by atoms with Gasteiger partial charge in [0.25, 0.3) is 0 Å². The van der Waals surface area contributed by atoms with Crippen LogP contribution in [0, 0.1) is 0 Å². The van der Waals surface area contributed by atoms with Crippen molar-refractivity contribution in [1.82, 2.24) is 4.90 Å². The fraction of sp³-hybridized carbons (Fsp3) is 0.333. The summed E-state index contributed by atoms with van der Waals surface area (Å²) in [4.78, 5) is 22.6. The zero-order valence-corrected chi connectivity index (χ0v) is 12.0. The second-order valence-electron chi connectivity index (χ2n) is 4.72. The maximum absolute atomic E-state index is 10.8. The highest BCUT2D eigenvalue weighted by Crippen LogP contribution is 2.12. The molecule has 1 rings (SSSR count). The van der Waals surface area contributed by atoms with E-state index in [-0.39, 0.29) is 5.57 Å². The van der Waals surface area contributed by atoms with E-state index < -0.39 is 12.1 Å². The molecule has 1 atom stereocenters. The summed E-state index contributed by atoms with van der Waals surface area (Å²) in [6.07, 6.45) is 5.50. The smallest absolute Gasteiger partial charge is 0.335 e. The molecule has 1 unspecified atom stereocenters. The number of likely N-dealkylation sites (N-methyl/N-ethyl adjacent to an activating group) is 1. The summed E-state index contributed by atoms with van der Waals surface area (Å²) >= 11 is 0. The average Bonchev–Trinajstić information content (AvgIpc) is 2.51. The maximum Gasteiger partial charge on any atom is 0.335 e. The van der Waals surface area contributed by atoms with E-state index >= 15 is 0 Å². The molecule has 0 bridgehead atoms. The van der Waals surface area contributed by atoms with E-state index in [2.05, 4.69) is 6.58 Å². The molecule has 20 heavy (non-hydrogen) atoms. The highest BCUT2D eigenvalue weighted by molar-refractivity contribution is 5.90. The summed E-state index contributed by atoms with van der Waals surface area (Å²) in [6.45, 7) is 7.80. The highest BCUT2D eigenvalue weighted by Gasteiger charge is 2.11. The van der Waals surface area contributed by atoms with Crippen LogP contribution < -0.4 is 0 Å². The van der Waals surface area contributed by atoms with Gasteiger partial charge in [-0.05, 0) is 31.6 Å². The minimum Gasteiger partial charge on any atom is -0.478 e. The second-order valence-corrected chi connectivity index (χ2v) is 4.72. The van der Waals surface area contributed by atoms with Crippen LogP contribution in [0.4, 0.5) is 0 Å². The number of allylic oxidation sites excluding steroid dienone is 1. The molecule has 0 aromatic heterocycles. The zero-order chi connectivity index (χ0) is 15.7. The van der Waals surface area contributed by atoms with E-state index in [0.29, 0.717) is 18.5 Å². The lowest BCUT2D eigenvalue weighted by Gasteiger charge is -2.10. The number of carbonyl (C=O) groups excluding carboxylic acids is 1. The Hall–Kier alpha value is -2.14. The molecule has 5 nitrogen and oxygen atoms in total. The van der Waals surface area contributed by atoms with Gasteiger partial charge in [0.1, 0.15) is 0 Å². The third-order valence-corrected chi connectivity index (χ3v) is 2.06.